The van der Waals surface area contributed by atoms with E-state index in [2.05, 4.69) is 12.2 Å². The van der Waals surface area contributed by atoms with Gasteiger partial charge < -0.3 is 15.2 Å². The highest BCUT2D eigenvalue weighted by Crippen LogP contribution is 2.28. The first-order valence-corrected chi connectivity index (χ1v) is 9.18. The van der Waals surface area contributed by atoms with Crippen LogP contribution in [0.5, 0.6) is 5.75 Å². The monoisotopic (exact) mass is 333 g/mol. The molecule has 1 aliphatic carbocycles. The third-order valence-electron chi connectivity index (χ3n) is 5.16. The summed E-state index contributed by atoms with van der Waals surface area (Å²) in [6.45, 7) is 2.20. The Morgan fingerprint density at radius 1 is 1.33 bits per heavy atom. The maximum atomic E-state index is 12.5. The Hall–Kier alpha value is -1.55. The van der Waals surface area contributed by atoms with Gasteiger partial charge in [0.1, 0.15) is 5.75 Å². The van der Waals surface area contributed by atoms with Crippen molar-refractivity contribution in [3.63, 3.8) is 0 Å². The average Bonchev–Trinajstić information content (AvgIpc) is 2.62. The molecule has 0 spiro atoms. The molecule has 1 aliphatic rings. The van der Waals surface area contributed by atoms with Crippen molar-refractivity contribution in [3.8, 4) is 5.75 Å². The Morgan fingerprint density at radius 2 is 2.08 bits per heavy atom. The molecule has 1 saturated carbocycles. The lowest BCUT2D eigenvalue weighted by Crippen LogP contribution is -2.42. The molecule has 1 aromatic rings. The number of methoxy groups -OCH3 is 1. The Kier molecular flexibility index (Phi) is 7.57. The summed E-state index contributed by atoms with van der Waals surface area (Å²) in [5.41, 5.74) is 1.11. The highest BCUT2D eigenvalue weighted by atomic mass is 16.5. The summed E-state index contributed by atoms with van der Waals surface area (Å²) in [4.78, 5) is 12.5. The second-order valence-electron chi connectivity index (χ2n) is 6.97. The van der Waals surface area contributed by atoms with E-state index in [1.165, 1.54) is 19.3 Å². The van der Waals surface area contributed by atoms with Gasteiger partial charge in [0.2, 0.25) is 5.91 Å². The van der Waals surface area contributed by atoms with Crippen LogP contribution in [-0.4, -0.2) is 30.8 Å². The molecule has 0 heterocycles. The second kappa shape index (κ2) is 9.67. The van der Waals surface area contributed by atoms with E-state index < -0.39 is 0 Å². The smallest absolute Gasteiger partial charge is 0.220 e. The summed E-state index contributed by atoms with van der Waals surface area (Å²) < 4.78 is 5.26. The lowest BCUT2D eigenvalue weighted by Gasteiger charge is -2.31. The summed E-state index contributed by atoms with van der Waals surface area (Å²) in [5, 5.41) is 12.5. The number of benzene rings is 1. The third-order valence-corrected chi connectivity index (χ3v) is 5.16. The largest absolute Gasteiger partial charge is 0.497 e. The Morgan fingerprint density at radius 3 is 2.75 bits per heavy atom. The average molecular weight is 333 g/mol. The molecule has 134 valence electrons. The number of hydrogen-bond donors (Lipinski definition) is 2. The van der Waals surface area contributed by atoms with Gasteiger partial charge in [0.05, 0.1) is 7.11 Å². The molecule has 2 N–H and O–H groups in total. The topological polar surface area (TPSA) is 58.6 Å². The van der Waals surface area contributed by atoms with Crippen LogP contribution in [0, 0.1) is 5.92 Å². The molecule has 24 heavy (non-hydrogen) atoms. The van der Waals surface area contributed by atoms with Gasteiger partial charge in [-0.1, -0.05) is 38.3 Å². The Labute approximate surface area is 145 Å². The molecule has 0 unspecified atom stereocenters. The summed E-state index contributed by atoms with van der Waals surface area (Å²) >= 11 is 0. The van der Waals surface area contributed by atoms with Gasteiger partial charge in [-0.2, -0.15) is 0 Å². The zero-order chi connectivity index (χ0) is 17.4. The van der Waals surface area contributed by atoms with Crippen LogP contribution in [0.15, 0.2) is 24.3 Å². The highest BCUT2D eigenvalue weighted by Gasteiger charge is 2.25. The van der Waals surface area contributed by atoms with Gasteiger partial charge in [0.15, 0.2) is 0 Å². The number of hydrogen-bond acceptors (Lipinski definition) is 3. The lowest BCUT2D eigenvalue weighted by molar-refractivity contribution is -0.122. The molecule has 1 amide bonds. The molecule has 1 fully saturated rings. The molecule has 4 nitrogen and oxygen atoms in total. The van der Waals surface area contributed by atoms with Gasteiger partial charge in [0.25, 0.3) is 0 Å². The second-order valence-corrected chi connectivity index (χ2v) is 6.97. The predicted molar refractivity (Wildman–Crippen MR) is 96.2 cm³/mol. The third kappa shape index (κ3) is 5.52. The minimum Gasteiger partial charge on any atom is -0.497 e. The van der Waals surface area contributed by atoms with Crippen molar-refractivity contribution in [3.05, 3.63) is 29.8 Å². The van der Waals surface area contributed by atoms with Crippen LogP contribution >= 0.6 is 0 Å². The van der Waals surface area contributed by atoms with Crippen molar-refractivity contribution in [1.29, 1.82) is 0 Å². The molecular weight excluding hydrogens is 302 g/mol. The summed E-state index contributed by atoms with van der Waals surface area (Å²) in [6, 6.07) is 8.01. The van der Waals surface area contributed by atoms with Crippen LogP contribution in [0.2, 0.25) is 0 Å². The van der Waals surface area contributed by atoms with Crippen molar-refractivity contribution >= 4 is 5.91 Å². The first-order valence-electron chi connectivity index (χ1n) is 9.18. The Bertz CT molecular complexity index is 511. The quantitative estimate of drug-likeness (QED) is 0.763. The van der Waals surface area contributed by atoms with Crippen LogP contribution in [-0.2, 0) is 4.79 Å². The molecular formula is C20H31NO3. The normalized spacial score (nSPS) is 18.0. The first kappa shape index (κ1) is 18.8. The molecule has 0 aliphatic heterocycles. The van der Waals surface area contributed by atoms with Crippen LogP contribution in [0.25, 0.3) is 0 Å². The number of carbonyl (C=O) groups excluding carboxylic acids is 1. The fourth-order valence-corrected chi connectivity index (χ4v) is 3.71. The zero-order valence-electron chi connectivity index (χ0n) is 15.0. The van der Waals surface area contributed by atoms with E-state index in [0.29, 0.717) is 18.8 Å². The molecule has 0 radical (unpaired) electrons. The first-order chi connectivity index (χ1) is 11.6. The standard InChI is InChI=1S/C20H31NO3/c1-15(17-9-6-10-18(14-17)24-2)13-20(23)21-19(11-12-22)16-7-4-3-5-8-16/h6,9-10,14-16,19,22H,3-5,7-8,11-13H2,1-2H3,(H,21,23)/t15-,19+/m1/s1. The number of carbonyl (C=O) groups is 1. The van der Waals surface area contributed by atoms with Crippen molar-refractivity contribution in [1.82, 2.24) is 5.32 Å². The predicted octanol–water partition coefficient (Wildman–Crippen LogP) is 3.64. The van der Waals surface area contributed by atoms with Gasteiger partial charge in [-0.3, -0.25) is 4.79 Å². The number of amides is 1. The molecule has 0 aromatic heterocycles. The van der Waals surface area contributed by atoms with Gasteiger partial charge in [0, 0.05) is 19.1 Å². The molecule has 0 saturated heterocycles. The number of rotatable bonds is 8. The van der Waals surface area contributed by atoms with E-state index >= 15 is 0 Å². The van der Waals surface area contributed by atoms with E-state index in [4.69, 9.17) is 4.74 Å². The van der Waals surface area contributed by atoms with E-state index in [1.54, 1.807) is 7.11 Å². The maximum Gasteiger partial charge on any atom is 0.220 e. The minimum atomic E-state index is 0.0781. The van der Waals surface area contributed by atoms with Gasteiger partial charge in [-0.05, 0) is 48.8 Å². The molecule has 1 aromatic carbocycles. The highest BCUT2D eigenvalue weighted by molar-refractivity contribution is 5.77. The van der Waals surface area contributed by atoms with Gasteiger partial charge >= 0.3 is 0 Å². The van der Waals surface area contributed by atoms with Crippen LogP contribution in [0.4, 0.5) is 0 Å². The SMILES string of the molecule is COc1cccc([C@H](C)CC(=O)N[C@@H](CCO)C2CCCCC2)c1. The summed E-state index contributed by atoms with van der Waals surface area (Å²) in [6.07, 6.45) is 7.22. The molecule has 2 rings (SSSR count). The van der Waals surface area contributed by atoms with E-state index in [-0.39, 0.29) is 24.5 Å². The number of ether oxygens (including phenoxy) is 1. The van der Waals surface area contributed by atoms with Crippen LogP contribution in [0.3, 0.4) is 0 Å². The van der Waals surface area contributed by atoms with Crippen molar-refractivity contribution in [2.45, 2.75) is 63.8 Å². The zero-order valence-corrected chi connectivity index (χ0v) is 15.0. The minimum absolute atomic E-state index is 0.0781. The number of aliphatic hydroxyl groups is 1. The Balaban J connectivity index is 1.91. The van der Waals surface area contributed by atoms with Crippen LogP contribution in [0.1, 0.15) is 63.4 Å². The van der Waals surface area contributed by atoms with Crippen molar-refractivity contribution in [2.24, 2.45) is 5.92 Å². The fourth-order valence-electron chi connectivity index (χ4n) is 3.71. The molecule has 2 atom stereocenters. The van der Waals surface area contributed by atoms with Gasteiger partial charge in [-0.15, -0.1) is 0 Å². The fraction of sp³-hybridized carbons (Fsp3) is 0.650. The summed E-state index contributed by atoms with van der Waals surface area (Å²) in [5.74, 6) is 1.55. The number of aliphatic hydroxyl groups excluding tert-OH is 1. The molecule has 4 heteroatoms. The number of nitrogens with one attached hydrogen (secondary N) is 1. The van der Waals surface area contributed by atoms with E-state index in [9.17, 15) is 9.90 Å². The van der Waals surface area contributed by atoms with Crippen molar-refractivity contribution < 1.29 is 14.6 Å². The van der Waals surface area contributed by atoms with Crippen molar-refractivity contribution in [2.75, 3.05) is 13.7 Å². The van der Waals surface area contributed by atoms with E-state index in [1.807, 2.05) is 24.3 Å². The molecule has 0 bridgehead atoms. The lowest BCUT2D eigenvalue weighted by atomic mass is 9.82. The summed E-state index contributed by atoms with van der Waals surface area (Å²) in [7, 11) is 1.65. The van der Waals surface area contributed by atoms with Crippen LogP contribution < -0.4 is 10.1 Å². The maximum absolute atomic E-state index is 12.5. The van der Waals surface area contributed by atoms with Gasteiger partial charge in [-0.25, -0.2) is 0 Å². The van der Waals surface area contributed by atoms with E-state index in [0.717, 1.165) is 24.2 Å².